The molecule has 0 saturated heterocycles. The molecule has 5 nitrogen and oxygen atoms in total. The van der Waals surface area contributed by atoms with Gasteiger partial charge in [0.05, 0.1) is 29.7 Å². The van der Waals surface area contributed by atoms with Crippen molar-refractivity contribution in [3.63, 3.8) is 0 Å². The molecule has 0 aliphatic rings. The SMILES string of the molecule is COc1ccc(-n2cc(CN)nn2)cc1Cl. The third-order valence-electron chi connectivity index (χ3n) is 2.15. The van der Waals surface area contributed by atoms with Gasteiger partial charge in [-0.1, -0.05) is 16.8 Å². The van der Waals surface area contributed by atoms with Crippen molar-refractivity contribution >= 4 is 11.6 Å². The Morgan fingerprint density at radius 3 is 2.88 bits per heavy atom. The van der Waals surface area contributed by atoms with Gasteiger partial charge in [0.25, 0.3) is 0 Å². The van der Waals surface area contributed by atoms with Gasteiger partial charge in [0.1, 0.15) is 5.75 Å². The van der Waals surface area contributed by atoms with Gasteiger partial charge in [-0.3, -0.25) is 0 Å². The molecular weight excluding hydrogens is 228 g/mol. The molecule has 2 aromatic rings. The van der Waals surface area contributed by atoms with Gasteiger partial charge >= 0.3 is 0 Å². The number of nitrogens with zero attached hydrogens (tertiary/aromatic N) is 3. The maximum Gasteiger partial charge on any atom is 0.137 e. The first-order valence-corrected chi connectivity index (χ1v) is 5.07. The lowest BCUT2D eigenvalue weighted by Gasteiger charge is -2.05. The Hall–Kier alpha value is -1.59. The van der Waals surface area contributed by atoms with Crippen molar-refractivity contribution in [3.05, 3.63) is 35.1 Å². The van der Waals surface area contributed by atoms with Crippen LogP contribution >= 0.6 is 11.6 Å². The van der Waals surface area contributed by atoms with Crippen molar-refractivity contribution < 1.29 is 4.74 Å². The van der Waals surface area contributed by atoms with Crippen molar-refractivity contribution in [3.8, 4) is 11.4 Å². The number of methoxy groups -OCH3 is 1. The molecule has 0 unspecified atom stereocenters. The molecule has 0 saturated carbocycles. The summed E-state index contributed by atoms with van der Waals surface area (Å²) in [6.45, 7) is 0.365. The summed E-state index contributed by atoms with van der Waals surface area (Å²) >= 11 is 6.01. The Labute approximate surface area is 97.8 Å². The minimum Gasteiger partial charge on any atom is -0.495 e. The largest absolute Gasteiger partial charge is 0.495 e. The molecule has 1 heterocycles. The van der Waals surface area contributed by atoms with Gasteiger partial charge in [0.15, 0.2) is 0 Å². The second kappa shape index (κ2) is 4.51. The molecule has 0 spiro atoms. The van der Waals surface area contributed by atoms with Crippen LogP contribution < -0.4 is 10.5 Å². The lowest BCUT2D eigenvalue weighted by molar-refractivity contribution is 0.415. The highest BCUT2D eigenvalue weighted by Gasteiger charge is 2.05. The standard InChI is InChI=1S/C10H11ClN4O/c1-16-10-3-2-8(4-9(10)11)15-6-7(5-12)13-14-15/h2-4,6H,5,12H2,1H3. The fraction of sp³-hybridized carbons (Fsp3) is 0.200. The number of rotatable bonds is 3. The molecule has 0 bridgehead atoms. The summed E-state index contributed by atoms with van der Waals surface area (Å²) in [5.74, 6) is 0.629. The third kappa shape index (κ3) is 2.00. The molecule has 0 aliphatic heterocycles. The average Bonchev–Trinajstić information content (AvgIpc) is 2.77. The van der Waals surface area contributed by atoms with E-state index in [1.807, 2.05) is 6.07 Å². The van der Waals surface area contributed by atoms with Crippen molar-refractivity contribution in [2.45, 2.75) is 6.54 Å². The number of ether oxygens (including phenoxy) is 1. The minimum absolute atomic E-state index is 0.365. The normalized spacial score (nSPS) is 10.4. The van der Waals surface area contributed by atoms with Crippen LogP contribution in [0.5, 0.6) is 5.75 Å². The van der Waals surface area contributed by atoms with Crippen LogP contribution in [0.2, 0.25) is 5.02 Å². The fourth-order valence-electron chi connectivity index (χ4n) is 1.32. The predicted octanol–water partition coefficient (Wildman–Crippen LogP) is 1.39. The Balaban J connectivity index is 2.37. The van der Waals surface area contributed by atoms with Gasteiger partial charge in [0, 0.05) is 6.54 Å². The smallest absolute Gasteiger partial charge is 0.137 e. The molecular formula is C10H11ClN4O. The summed E-state index contributed by atoms with van der Waals surface area (Å²) in [7, 11) is 1.57. The molecule has 1 aromatic heterocycles. The van der Waals surface area contributed by atoms with E-state index in [1.165, 1.54) is 0 Å². The van der Waals surface area contributed by atoms with Gasteiger partial charge in [-0.25, -0.2) is 4.68 Å². The van der Waals surface area contributed by atoms with E-state index in [0.717, 1.165) is 11.4 Å². The highest BCUT2D eigenvalue weighted by atomic mass is 35.5. The van der Waals surface area contributed by atoms with Gasteiger partial charge in [-0.2, -0.15) is 0 Å². The molecule has 0 aliphatic carbocycles. The molecule has 0 atom stereocenters. The lowest BCUT2D eigenvalue weighted by atomic mass is 10.3. The van der Waals surface area contributed by atoms with E-state index in [1.54, 1.807) is 30.1 Å². The molecule has 16 heavy (non-hydrogen) atoms. The van der Waals surface area contributed by atoms with E-state index in [0.29, 0.717) is 17.3 Å². The number of hydrogen-bond donors (Lipinski definition) is 1. The molecule has 6 heteroatoms. The minimum atomic E-state index is 0.365. The Kier molecular flexibility index (Phi) is 3.07. The molecule has 1 aromatic carbocycles. The predicted molar refractivity (Wildman–Crippen MR) is 60.8 cm³/mol. The van der Waals surface area contributed by atoms with E-state index < -0.39 is 0 Å². The van der Waals surface area contributed by atoms with Gasteiger partial charge in [-0.15, -0.1) is 5.10 Å². The van der Waals surface area contributed by atoms with E-state index in [4.69, 9.17) is 22.1 Å². The maximum absolute atomic E-state index is 6.01. The summed E-state index contributed by atoms with van der Waals surface area (Å²) in [6.07, 6.45) is 1.76. The monoisotopic (exact) mass is 238 g/mol. The molecule has 0 radical (unpaired) electrons. The maximum atomic E-state index is 6.01. The second-order valence-electron chi connectivity index (χ2n) is 3.18. The molecule has 2 N–H and O–H groups in total. The lowest BCUT2D eigenvalue weighted by Crippen LogP contribution is -1.96. The van der Waals surface area contributed by atoms with E-state index in [2.05, 4.69) is 10.3 Å². The first-order chi connectivity index (χ1) is 7.74. The summed E-state index contributed by atoms with van der Waals surface area (Å²) < 4.78 is 6.68. The number of halogens is 1. The van der Waals surface area contributed by atoms with Gasteiger partial charge in [0.2, 0.25) is 0 Å². The topological polar surface area (TPSA) is 66.0 Å². The summed E-state index contributed by atoms with van der Waals surface area (Å²) in [5.41, 5.74) is 7.00. The third-order valence-corrected chi connectivity index (χ3v) is 2.45. The van der Waals surface area contributed by atoms with Gasteiger partial charge < -0.3 is 10.5 Å². The fourth-order valence-corrected chi connectivity index (χ4v) is 1.57. The molecule has 84 valence electrons. The summed E-state index contributed by atoms with van der Waals surface area (Å²) in [5, 5.41) is 8.37. The zero-order valence-electron chi connectivity index (χ0n) is 8.72. The highest BCUT2D eigenvalue weighted by Crippen LogP contribution is 2.26. The second-order valence-corrected chi connectivity index (χ2v) is 3.58. The quantitative estimate of drug-likeness (QED) is 0.878. The summed E-state index contributed by atoms with van der Waals surface area (Å²) in [4.78, 5) is 0. The average molecular weight is 239 g/mol. The van der Waals surface area contributed by atoms with Crippen LogP contribution in [-0.2, 0) is 6.54 Å². The van der Waals surface area contributed by atoms with Crippen molar-refractivity contribution in [1.82, 2.24) is 15.0 Å². The molecule has 0 fully saturated rings. The Morgan fingerprint density at radius 1 is 1.50 bits per heavy atom. The molecule has 0 amide bonds. The van der Waals surface area contributed by atoms with Crippen LogP contribution in [0, 0.1) is 0 Å². The van der Waals surface area contributed by atoms with Crippen LogP contribution in [0.1, 0.15) is 5.69 Å². The Bertz CT molecular complexity index is 497. The summed E-state index contributed by atoms with van der Waals surface area (Å²) in [6, 6.07) is 5.39. The van der Waals surface area contributed by atoms with Crippen LogP contribution in [0.25, 0.3) is 5.69 Å². The van der Waals surface area contributed by atoms with Crippen LogP contribution in [0.4, 0.5) is 0 Å². The zero-order valence-corrected chi connectivity index (χ0v) is 9.48. The first kappa shape index (κ1) is 10.9. The van der Waals surface area contributed by atoms with Gasteiger partial charge in [-0.05, 0) is 18.2 Å². The number of hydrogen-bond acceptors (Lipinski definition) is 4. The first-order valence-electron chi connectivity index (χ1n) is 4.70. The van der Waals surface area contributed by atoms with Crippen LogP contribution in [-0.4, -0.2) is 22.1 Å². The van der Waals surface area contributed by atoms with E-state index in [9.17, 15) is 0 Å². The molecule has 2 rings (SSSR count). The number of nitrogens with two attached hydrogens (primary N) is 1. The van der Waals surface area contributed by atoms with Crippen LogP contribution in [0.15, 0.2) is 24.4 Å². The van der Waals surface area contributed by atoms with E-state index >= 15 is 0 Å². The number of benzene rings is 1. The Morgan fingerprint density at radius 2 is 2.31 bits per heavy atom. The van der Waals surface area contributed by atoms with Crippen molar-refractivity contribution in [2.75, 3.05) is 7.11 Å². The zero-order chi connectivity index (χ0) is 11.5. The number of aromatic nitrogens is 3. The van der Waals surface area contributed by atoms with E-state index in [-0.39, 0.29) is 0 Å². The van der Waals surface area contributed by atoms with Crippen LogP contribution in [0.3, 0.4) is 0 Å². The van der Waals surface area contributed by atoms with Crippen molar-refractivity contribution in [1.29, 1.82) is 0 Å². The van der Waals surface area contributed by atoms with Crippen molar-refractivity contribution in [2.24, 2.45) is 5.73 Å². The highest BCUT2D eigenvalue weighted by molar-refractivity contribution is 6.32.